The molecule has 0 aliphatic carbocycles. The number of carbonyl (C=O) groups excluding carboxylic acids is 1. The summed E-state index contributed by atoms with van der Waals surface area (Å²) in [5.74, 6) is 0.702. The van der Waals surface area contributed by atoms with Crippen molar-refractivity contribution in [3.05, 3.63) is 80.6 Å². The van der Waals surface area contributed by atoms with Gasteiger partial charge in [0.25, 0.3) is 0 Å². The van der Waals surface area contributed by atoms with Crippen molar-refractivity contribution < 1.29 is 4.79 Å². The first-order chi connectivity index (χ1) is 14.6. The third kappa shape index (κ3) is 5.03. The van der Waals surface area contributed by atoms with Crippen molar-refractivity contribution in [2.75, 3.05) is 11.9 Å². The number of amides is 2. The fourth-order valence-electron chi connectivity index (χ4n) is 3.14. The first kappa shape index (κ1) is 20.5. The minimum absolute atomic E-state index is 0.260. The number of carbonyl (C=O) groups is 1. The van der Waals surface area contributed by atoms with E-state index in [-0.39, 0.29) is 6.03 Å². The van der Waals surface area contributed by atoms with E-state index in [1.165, 1.54) is 0 Å². The molecule has 1 aromatic heterocycles. The Morgan fingerprint density at radius 3 is 2.70 bits per heavy atom. The Bertz CT molecular complexity index is 1100. The molecule has 2 N–H and O–H groups in total. The van der Waals surface area contributed by atoms with Gasteiger partial charge in [0.15, 0.2) is 0 Å². The number of rotatable bonds is 4. The molecule has 2 heterocycles. The number of aromatic nitrogens is 2. The third-order valence-corrected chi connectivity index (χ3v) is 5.59. The van der Waals surface area contributed by atoms with Crippen LogP contribution in [0.5, 0.6) is 0 Å². The Kier molecular flexibility index (Phi) is 6.39. The van der Waals surface area contributed by atoms with Crippen molar-refractivity contribution in [3.8, 4) is 0 Å². The minimum atomic E-state index is -0.260. The lowest BCUT2D eigenvalue weighted by atomic mass is 10.1. The average Bonchev–Trinajstić information content (AvgIpc) is 2.74. The van der Waals surface area contributed by atoms with E-state index in [0.717, 1.165) is 31.5 Å². The molecule has 2 aromatic carbocycles. The Balaban J connectivity index is 1.45. The summed E-state index contributed by atoms with van der Waals surface area (Å²) in [6, 6.07) is 15.3. The van der Waals surface area contributed by atoms with E-state index in [2.05, 4.69) is 57.7 Å². The number of halogens is 2. The van der Waals surface area contributed by atoms with Crippen LogP contribution in [0, 0.1) is 0 Å². The van der Waals surface area contributed by atoms with Crippen LogP contribution in [-0.4, -0.2) is 33.7 Å². The maximum atomic E-state index is 12.6. The third-order valence-electron chi connectivity index (χ3n) is 4.60. The largest absolute Gasteiger partial charge is 0.340 e. The molecule has 0 saturated heterocycles. The van der Waals surface area contributed by atoms with E-state index in [1.54, 1.807) is 17.4 Å². The number of nitrogens with zero attached hydrogens (tertiary/aromatic N) is 4. The molecule has 7 nitrogen and oxygen atoms in total. The molecule has 0 bridgehead atoms. The molecule has 0 radical (unpaired) electrons. The smallest absolute Gasteiger partial charge is 0.338 e. The number of hydrogen-bond acceptors (Lipinski definition) is 5. The molecule has 0 spiro atoms. The van der Waals surface area contributed by atoms with Crippen LogP contribution in [-0.2, 0) is 13.0 Å². The van der Waals surface area contributed by atoms with Gasteiger partial charge in [0.1, 0.15) is 12.1 Å². The van der Waals surface area contributed by atoms with Crippen LogP contribution in [0.25, 0.3) is 0 Å². The number of hydrazone groups is 1. The monoisotopic (exact) mass is 528 g/mol. The van der Waals surface area contributed by atoms with E-state index in [4.69, 9.17) is 0 Å². The standard InChI is InChI=1S/C21H18Br2N6O/c22-15-4-1-3-14(9-15)11-26-28-21(30)29-8-7-19-18(12-29)20(25-13-24-19)27-17-6-2-5-16(23)10-17/h1-6,9-11,13H,7-8,12H2,(H,28,30)(H,24,25,27)/b26-11+. The molecule has 2 amide bonds. The van der Waals surface area contributed by atoms with Gasteiger partial charge in [0, 0.05) is 33.2 Å². The Morgan fingerprint density at radius 1 is 1.10 bits per heavy atom. The number of anilines is 2. The number of hydrogen-bond donors (Lipinski definition) is 2. The summed E-state index contributed by atoms with van der Waals surface area (Å²) in [5, 5.41) is 7.40. The van der Waals surface area contributed by atoms with Gasteiger partial charge in [-0.25, -0.2) is 20.2 Å². The van der Waals surface area contributed by atoms with Crippen molar-refractivity contribution in [2.24, 2.45) is 5.10 Å². The Hall–Kier alpha value is -2.78. The lowest BCUT2D eigenvalue weighted by Crippen LogP contribution is -2.41. The predicted octanol–water partition coefficient (Wildman–Crippen LogP) is 4.85. The molecule has 4 rings (SSSR count). The van der Waals surface area contributed by atoms with Crippen molar-refractivity contribution in [3.63, 3.8) is 0 Å². The van der Waals surface area contributed by atoms with Gasteiger partial charge in [0.05, 0.1) is 18.5 Å². The highest BCUT2D eigenvalue weighted by atomic mass is 79.9. The molecular formula is C21H18Br2N6O. The summed E-state index contributed by atoms with van der Waals surface area (Å²) in [7, 11) is 0. The van der Waals surface area contributed by atoms with E-state index in [0.29, 0.717) is 25.3 Å². The lowest BCUT2D eigenvalue weighted by Gasteiger charge is -2.28. The second-order valence-corrected chi connectivity index (χ2v) is 8.52. The molecule has 30 heavy (non-hydrogen) atoms. The molecule has 0 saturated carbocycles. The van der Waals surface area contributed by atoms with Crippen molar-refractivity contribution in [1.82, 2.24) is 20.3 Å². The zero-order valence-corrected chi connectivity index (χ0v) is 19.0. The van der Waals surface area contributed by atoms with Gasteiger partial charge in [-0.1, -0.05) is 50.1 Å². The van der Waals surface area contributed by atoms with Gasteiger partial charge >= 0.3 is 6.03 Å². The van der Waals surface area contributed by atoms with Gasteiger partial charge in [-0.05, 0) is 35.9 Å². The second kappa shape index (κ2) is 9.36. The van der Waals surface area contributed by atoms with E-state index in [1.807, 2.05) is 48.5 Å². The number of nitrogens with one attached hydrogen (secondary N) is 2. The molecule has 3 aromatic rings. The fourth-order valence-corrected chi connectivity index (χ4v) is 3.96. The first-order valence-corrected chi connectivity index (χ1v) is 10.9. The zero-order chi connectivity index (χ0) is 20.9. The highest BCUT2D eigenvalue weighted by Gasteiger charge is 2.24. The average molecular weight is 530 g/mol. The number of benzene rings is 2. The van der Waals surface area contributed by atoms with Crippen molar-refractivity contribution >= 4 is 55.6 Å². The summed E-state index contributed by atoms with van der Waals surface area (Å²) in [5.41, 5.74) is 6.26. The van der Waals surface area contributed by atoms with Gasteiger partial charge < -0.3 is 10.2 Å². The van der Waals surface area contributed by atoms with Gasteiger partial charge in [0.2, 0.25) is 0 Å². The van der Waals surface area contributed by atoms with Crippen molar-refractivity contribution in [2.45, 2.75) is 13.0 Å². The van der Waals surface area contributed by atoms with Gasteiger partial charge in [-0.3, -0.25) is 0 Å². The highest BCUT2D eigenvalue weighted by molar-refractivity contribution is 9.10. The minimum Gasteiger partial charge on any atom is -0.340 e. The Labute approximate surface area is 190 Å². The molecule has 152 valence electrons. The molecule has 0 unspecified atom stereocenters. The highest BCUT2D eigenvalue weighted by Crippen LogP contribution is 2.26. The molecule has 1 aliphatic heterocycles. The van der Waals surface area contributed by atoms with Crippen LogP contribution in [0.15, 0.2) is 68.9 Å². The van der Waals surface area contributed by atoms with Crippen LogP contribution in [0.2, 0.25) is 0 Å². The number of fused-ring (bicyclic) bond motifs is 1. The SMILES string of the molecule is O=C(N/N=C/c1cccc(Br)c1)N1CCc2ncnc(Nc3cccc(Br)c3)c2C1. The summed E-state index contributed by atoms with van der Waals surface area (Å²) in [6.07, 6.45) is 3.83. The molecule has 9 heteroatoms. The lowest BCUT2D eigenvalue weighted by molar-refractivity contribution is 0.192. The van der Waals surface area contributed by atoms with E-state index in [9.17, 15) is 4.79 Å². The van der Waals surface area contributed by atoms with Crippen LogP contribution >= 0.6 is 31.9 Å². The summed E-state index contributed by atoms with van der Waals surface area (Å²) in [6.45, 7) is 0.976. The number of urea groups is 1. The summed E-state index contributed by atoms with van der Waals surface area (Å²) < 4.78 is 1.93. The molecule has 1 aliphatic rings. The summed E-state index contributed by atoms with van der Waals surface area (Å²) >= 11 is 6.89. The normalized spacial score (nSPS) is 13.2. The van der Waals surface area contributed by atoms with E-state index >= 15 is 0 Å². The quantitative estimate of drug-likeness (QED) is 0.374. The molecule has 0 fully saturated rings. The summed E-state index contributed by atoms with van der Waals surface area (Å²) in [4.78, 5) is 23.1. The van der Waals surface area contributed by atoms with Gasteiger partial charge in [-0.15, -0.1) is 0 Å². The maximum Gasteiger partial charge on any atom is 0.338 e. The predicted molar refractivity (Wildman–Crippen MR) is 124 cm³/mol. The van der Waals surface area contributed by atoms with Crippen LogP contribution < -0.4 is 10.7 Å². The molecule has 0 atom stereocenters. The molecular weight excluding hydrogens is 512 g/mol. The fraction of sp³-hybridized carbons (Fsp3) is 0.143. The van der Waals surface area contributed by atoms with Crippen LogP contribution in [0.4, 0.5) is 16.3 Å². The maximum absolute atomic E-state index is 12.6. The van der Waals surface area contributed by atoms with E-state index < -0.39 is 0 Å². The van der Waals surface area contributed by atoms with Crippen LogP contribution in [0.3, 0.4) is 0 Å². The van der Waals surface area contributed by atoms with Gasteiger partial charge in [-0.2, -0.15) is 5.10 Å². The second-order valence-electron chi connectivity index (χ2n) is 6.68. The van der Waals surface area contributed by atoms with Crippen molar-refractivity contribution in [1.29, 1.82) is 0 Å². The van der Waals surface area contributed by atoms with Crippen LogP contribution in [0.1, 0.15) is 16.8 Å². The first-order valence-electron chi connectivity index (χ1n) is 9.27. The Morgan fingerprint density at radius 2 is 1.90 bits per heavy atom. The topological polar surface area (TPSA) is 82.5 Å². The zero-order valence-electron chi connectivity index (χ0n) is 15.8.